The molecule has 2 aromatic carbocycles. The number of nitrogens with zero attached hydrogens (tertiary/aromatic N) is 3. The number of para-hydroxylation sites is 1. The third-order valence-electron chi connectivity index (χ3n) is 5.42. The summed E-state index contributed by atoms with van der Waals surface area (Å²) in [7, 11) is 3.73. The van der Waals surface area contributed by atoms with E-state index in [4.69, 9.17) is 30.5 Å². The zero-order valence-electron chi connectivity index (χ0n) is 19.7. The van der Waals surface area contributed by atoms with Gasteiger partial charge in [-0.05, 0) is 36.4 Å². The number of ketones is 1. The van der Waals surface area contributed by atoms with Gasteiger partial charge >= 0.3 is 0 Å². The maximum Gasteiger partial charge on any atom is 0.217 e. The maximum atomic E-state index is 12.2. The average molecular weight is 498 g/mol. The topological polar surface area (TPSA) is 75.1 Å². The summed E-state index contributed by atoms with van der Waals surface area (Å²) in [5.41, 5.74) is 1.33. The summed E-state index contributed by atoms with van der Waals surface area (Å²) in [6.07, 6.45) is 8.18. The molecule has 8 nitrogen and oxygen atoms in total. The number of alkyl halides is 1. The van der Waals surface area contributed by atoms with Gasteiger partial charge in [0.15, 0.2) is 11.8 Å². The van der Waals surface area contributed by atoms with E-state index >= 15 is 0 Å². The Morgan fingerprint density at radius 3 is 2.74 bits per heavy atom. The summed E-state index contributed by atoms with van der Waals surface area (Å²) in [4.78, 5) is 18.2. The number of ether oxygens (including phenoxy) is 4. The second kappa shape index (κ2) is 11.4. The Hall–Kier alpha value is -3.33. The number of imidazole rings is 1. The number of hydrogen-bond acceptors (Lipinski definition) is 7. The Labute approximate surface area is 209 Å². The first-order valence-corrected chi connectivity index (χ1v) is 11.7. The predicted octanol–water partition coefficient (Wildman–Crippen LogP) is 4.06. The summed E-state index contributed by atoms with van der Waals surface area (Å²) >= 11 is 5.85. The first-order valence-electron chi connectivity index (χ1n) is 11.2. The molecule has 184 valence electrons. The van der Waals surface area contributed by atoms with Crippen molar-refractivity contribution < 1.29 is 23.7 Å². The smallest absolute Gasteiger partial charge is 0.217 e. The summed E-state index contributed by atoms with van der Waals surface area (Å²) < 4.78 is 26.2. The molecule has 9 heteroatoms. The van der Waals surface area contributed by atoms with Crippen molar-refractivity contribution >= 4 is 17.4 Å². The molecule has 4 rings (SSSR count). The van der Waals surface area contributed by atoms with Crippen LogP contribution < -0.4 is 9.47 Å². The third-order valence-corrected chi connectivity index (χ3v) is 5.52. The lowest BCUT2D eigenvalue weighted by Crippen LogP contribution is -2.34. The van der Waals surface area contributed by atoms with Crippen molar-refractivity contribution in [3.63, 3.8) is 0 Å². The van der Waals surface area contributed by atoms with E-state index in [0.717, 1.165) is 5.56 Å². The van der Waals surface area contributed by atoms with Crippen LogP contribution in [0.2, 0.25) is 0 Å². The molecule has 0 N–H and O–H groups in total. The highest BCUT2D eigenvalue weighted by Crippen LogP contribution is 2.41. The lowest BCUT2D eigenvalue weighted by Gasteiger charge is -2.30. The molecule has 1 saturated heterocycles. The van der Waals surface area contributed by atoms with E-state index in [9.17, 15) is 4.79 Å². The van der Waals surface area contributed by atoms with E-state index in [-0.39, 0.29) is 24.6 Å². The highest BCUT2D eigenvalue weighted by molar-refractivity contribution is 6.17. The fourth-order valence-electron chi connectivity index (χ4n) is 3.76. The Bertz CT molecular complexity index is 1130. The van der Waals surface area contributed by atoms with Crippen LogP contribution in [0.15, 0.2) is 79.5 Å². The molecule has 2 atom stereocenters. The van der Waals surface area contributed by atoms with Gasteiger partial charge in [0.05, 0.1) is 25.0 Å². The molecular weight excluding hydrogens is 470 g/mol. The van der Waals surface area contributed by atoms with Crippen LogP contribution in [0.4, 0.5) is 0 Å². The molecule has 1 aromatic heterocycles. The monoisotopic (exact) mass is 497 g/mol. The van der Waals surface area contributed by atoms with E-state index in [2.05, 4.69) is 4.98 Å². The van der Waals surface area contributed by atoms with Gasteiger partial charge in [-0.15, -0.1) is 0 Å². The third kappa shape index (κ3) is 6.22. The van der Waals surface area contributed by atoms with Gasteiger partial charge in [0.2, 0.25) is 5.79 Å². The Balaban J connectivity index is 1.45. The molecule has 1 aliphatic heterocycles. The Morgan fingerprint density at radius 1 is 1.23 bits per heavy atom. The normalized spacial score (nSPS) is 19.7. The lowest BCUT2D eigenvalue weighted by atomic mass is 10.0. The second-order valence-electron chi connectivity index (χ2n) is 8.27. The highest BCUT2D eigenvalue weighted by atomic mass is 35.5. The number of hydrogen-bond donors (Lipinski definition) is 0. The van der Waals surface area contributed by atoms with Gasteiger partial charge in [-0.25, -0.2) is 4.98 Å². The van der Waals surface area contributed by atoms with E-state index in [1.165, 1.54) is 6.08 Å². The quantitative estimate of drug-likeness (QED) is 0.224. The molecule has 0 saturated carbocycles. The van der Waals surface area contributed by atoms with E-state index < -0.39 is 5.79 Å². The summed E-state index contributed by atoms with van der Waals surface area (Å²) in [6.45, 7) is 0.983. The first kappa shape index (κ1) is 24.8. The van der Waals surface area contributed by atoms with Crippen molar-refractivity contribution in [1.29, 1.82) is 0 Å². The maximum absolute atomic E-state index is 12.2. The van der Waals surface area contributed by atoms with Crippen LogP contribution in [-0.4, -0.2) is 59.7 Å². The van der Waals surface area contributed by atoms with Crippen LogP contribution in [-0.2, 0) is 21.8 Å². The van der Waals surface area contributed by atoms with Crippen molar-refractivity contribution in [2.24, 2.45) is 0 Å². The van der Waals surface area contributed by atoms with E-state index in [0.29, 0.717) is 30.2 Å². The van der Waals surface area contributed by atoms with Gasteiger partial charge in [-0.1, -0.05) is 23.7 Å². The largest absolute Gasteiger partial charge is 0.491 e. The average Bonchev–Trinajstić information content (AvgIpc) is 3.53. The van der Waals surface area contributed by atoms with E-state index in [1.807, 2.05) is 54.0 Å². The Morgan fingerprint density at radius 2 is 2.03 bits per heavy atom. The standard InChI is InChI=1S/C26H28ClN3O5/c1-29(2)13-11-24(31)20-7-9-21(10-8-20)32-15-22-16-34-26(35-22,17-30-14-12-28-19-30)23-5-3-4-6-25(23)33-18-27/h3-14,19,22H,15-18H2,1-2H3. The molecule has 1 aliphatic rings. The fraction of sp³-hybridized carbons (Fsp3) is 0.308. The molecule has 1 fully saturated rings. The first-order chi connectivity index (χ1) is 17.0. The van der Waals surface area contributed by atoms with E-state index in [1.54, 1.807) is 43.0 Å². The van der Waals surface area contributed by atoms with Gasteiger partial charge in [-0.2, -0.15) is 0 Å². The number of halogens is 1. The number of aromatic nitrogens is 2. The second-order valence-corrected chi connectivity index (χ2v) is 8.49. The minimum atomic E-state index is -1.09. The zero-order chi connectivity index (χ0) is 24.7. The minimum absolute atomic E-state index is 0.00808. The van der Waals surface area contributed by atoms with Gasteiger partial charge in [0.1, 0.15) is 24.2 Å². The zero-order valence-corrected chi connectivity index (χ0v) is 20.4. The SMILES string of the molecule is CN(C)C=CC(=O)c1ccc(OCC2COC(Cn3ccnc3)(c3ccccc3OCCl)O2)cc1. The van der Waals surface area contributed by atoms with Gasteiger partial charge in [-0.3, -0.25) is 4.79 Å². The van der Waals surface area contributed by atoms with Crippen LogP contribution in [0.3, 0.4) is 0 Å². The van der Waals surface area contributed by atoms with Crippen molar-refractivity contribution in [2.75, 3.05) is 33.4 Å². The van der Waals surface area contributed by atoms with Crippen LogP contribution in [0.1, 0.15) is 15.9 Å². The van der Waals surface area contributed by atoms with Crippen LogP contribution in [0.5, 0.6) is 11.5 Å². The summed E-state index contributed by atoms with van der Waals surface area (Å²) in [5, 5.41) is 0. The number of carbonyl (C=O) groups excluding carboxylic acids is 1. The molecule has 0 aliphatic carbocycles. The van der Waals surface area contributed by atoms with Crippen molar-refractivity contribution in [3.05, 3.63) is 90.7 Å². The minimum Gasteiger partial charge on any atom is -0.491 e. The van der Waals surface area contributed by atoms with Crippen molar-refractivity contribution in [1.82, 2.24) is 14.5 Å². The molecule has 0 radical (unpaired) electrons. The number of benzene rings is 2. The fourth-order valence-corrected chi connectivity index (χ4v) is 3.88. The number of carbonyl (C=O) groups is 1. The highest BCUT2D eigenvalue weighted by Gasteiger charge is 2.45. The molecule has 2 heterocycles. The van der Waals surface area contributed by atoms with Gasteiger partial charge < -0.3 is 28.4 Å². The van der Waals surface area contributed by atoms with Crippen LogP contribution in [0, 0.1) is 0 Å². The molecule has 0 bridgehead atoms. The van der Waals surface area contributed by atoms with Gasteiger partial charge in [0, 0.05) is 44.3 Å². The van der Waals surface area contributed by atoms with Gasteiger partial charge in [0.25, 0.3) is 0 Å². The van der Waals surface area contributed by atoms with Crippen molar-refractivity contribution in [2.45, 2.75) is 18.4 Å². The van der Waals surface area contributed by atoms with Crippen LogP contribution >= 0.6 is 11.6 Å². The predicted molar refractivity (Wildman–Crippen MR) is 132 cm³/mol. The number of rotatable bonds is 11. The Kier molecular flexibility index (Phi) is 8.07. The summed E-state index contributed by atoms with van der Waals surface area (Å²) in [6, 6.07) is 14.6. The van der Waals surface area contributed by atoms with Crippen molar-refractivity contribution in [3.8, 4) is 11.5 Å². The lowest BCUT2D eigenvalue weighted by molar-refractivity contribution is -0.190. The molecular formula is C26H28ClN3O5. The molecule has 2 unspecified atom stereocenters. The van der Waals surface area contributed by atoms with Crippen LogP contribution in [0.25, 0.3) is 0 Å². The molecule has 35 heavy (non-hydrogen) atoms. The molecule has 0 spiro atoms. The molecule has 3 aromatic rings. The number of allylic oxidation sites excluding steroid dienone is 1. The molecule has 0 amide bonds. The summed E-state index contributed by atoms with van der Waals surface area (Å²) in [5.74, 6) is 0.0688.